The van der Waals surface area contributed by atoms with E-state index in [9.17, 15) is 14.4 Å². The number of rotatable bonds is 59. The summed E-state index contributed by atoms with van der Waals surface area (Å²) in [5, 5.41) is 0. The van der Waals surface area contributed by atoms with Crippen LogP contribution in [0.25, 0.3) is 0 Å². The molecule has 1 unspecified atom stereocenters. The van der Waals surface area contributed by atoms with Crippen molar-refractivity contribution in [1.29, 1.82) is 0 Å². The highest BCUT2D eigenvalue weighted by Crippen LogP contribution is 2.16. The van der Waals surface area contributed by atoms with Crippen LogP contribution in [0.15, 0.2) is 109 Å². The molecule has 0 radical (unpaired) electrons. The van der Waals surface area contributed by atoms with Crippen LogP contribution in [-0.4, -0.2) is 37.2 Å². The van der Waals surface area contributed by atoms with Crippen molar-refractivity contribution in [3.05, 3.63) is 109 Å². The summed E-state index contributed by atoms with van der Waals surface area (Å²) < 4.78 is 16.8. The average Bonchev–Trinajstić information content (AvgIpc) is 3.44. The van der Waals surface area contributed by atoms with Gasteiger partial charge >= 0.3 is 17.9 Å². The number of hydrogen-bond acceptors (Lipinski definition) is 6. The van der Waals surface area contributed by atoms with Crippen LogP contribution in [0.4, 0.5) is 0 Å². The fourth-order valence-electron chi connectivity index (χ4n) is 9.10. The second-order valence-corrected chi connectivity index (χ2v) is 21.6. The number of hydrogen-bond donors (Lipinski definition) is 0. The molecule has 0 saturated heterocycles. The van der Waals surface area contributed by atoms with Gasteiger partial charge in [-0.1, -0.05) is 291 Å². The van der Waals surface area contributed by atoms with Gasteiger partial charge in [0.2, 0.25) is 0 Å². The lowest BCUT2D eigenvalue weighted by Gasteiger charge is -2.18. The second-order valence-electron chi connectivity index (χ2n) is 21.6. The van der Waals surface area contributed by atoms with Crippen LogP contribution in [0.5, 0.6) is 0 Å². The van der Waals surface area contributed by atoms with Gasteiger partial charge in [0.1, 0.15) is 13.2 Å². The van der Waals surface area contributed by atoms with Gasteiger partial charge in [-0.3, -0.25) is 14.4 Å². The Bertz CT molecular complexity index is 1570. The van der Waals surface area contributed by atoms with Crippen LogP contribution in [0.3, 0.4) is 0 Å². The zero-order chi connectivity index (χ0) is 56.4. The van der Waals surface area contributed by atoms with Crippen LogP contribution in [0.1, 0.15) is 310 Å². The van der Waals surface area contributed by atoms with Crippen LogP contribution in [-0.2, 0) is 28.6 Å². The third kappa shape index (κ3) is 62.9. The van der Waals surface area contributed by atoms with E-state index >= 15 is 0 Å². The molecular weight excluding hydrogens is 961 g/mol. The number of carbonyl (C=O) groups is 3. The van der Waals surface area contributed by atoms with E-state index in [4.69, 9.17) is 14.2 Å². The van der Waals surface area contributed by atoms with Crippen molar-refractivity contribution < 1.29 is 28.6 Å². The molecule has 0 fully saturated rings. The van der Waals surface area contributed by atoms with Gasteiger partial charge in [0.15, 0.2) is 6.10 Å². The Morgan fingerprint density at radius 2 is 0.500 bits per heavy atom. The predicted molar refractivity (Wildman–Crippen MR) is 339 cm³/mol. The molecular formula is C72H122O6. The second kappa shape index (κ2) is 65.6. The van der Waals surface area contributed by atoms with Gasteiger partial charge in [-0.15, -0.1) is 0 Å². The molecule has 0 heterocycles. The molecule has 0 bridgehead atoms. The maximum Gasteiger partial charge on any atom is 0.306 e. The zero-order valence-corrected chi connectivity index (χ0v) is 51.2. The summed E-state index contributed by atoms with van der Waals surface area (Å²) in [4.78, 5) is 38.0. The normalized spacial score (nSPS) is 12.8. The predicted octanol–water partition coefficient (Wildman–Crippen LogP) is 22.6. The maximum atomic E-state index is 12.8. The molecule has 0 spiro atoms. The highest BCUT2D eigenvalue weighted by Gasteiger charge is 2.19. The topological polar surface area (TPSA) is 78.9 Å². The molecule has 0 aliphatic heterocycles. The van der Waals surface area contributed by atoms with Crippen molar-refractivity contribution in [3.8, 4) is 0 Å². The summed E-state index contributed by atoms with van der Waals surface area (Å²) >= 11 is 0. The quantitative estimate of drug-likeness (QED) is 0.0261. The number of carbonyl (C=O) groups excluding carboxylic acids is 3. The number of allylic oxidation sites excluding steroid dienone is 18. The van der Waals surface area contributed by atoms with E-state index in [1.807, 2.05) is 0 Å². The molecule has 0 N–H and O–H groups in total. The Kier molecular flexibility index (Phi) is 62.3. The Labute approximate surface area is 482 Å². The van der Waals surface area contributed by atoms with E-state index in [1.165, 1.54) is 148 Å². The largest absolute Gasteiger partial charge is 0.462 e. The SMILES string of the molecule is CC/C=C\C/C=C\C/C=C\C/C=C\C/C=C\C/C=C\CCCCCCCCCCCCCCCCC(=O)OCC(COC(=O)CCCCCCCC)OC(=O)CCCCCCCC/C=C\C/C=C\C/C=C\CCCCCCC. The minimum Gasteiger partial charge on any atom is -0.462 e. The molecule has 6 nitrogen and oxygen atoms in total. The van der Waals surface area contributed by atoms with Crippen molar-refractivity contribution in [1.82, 2.24) is 0 Å². The lowest BCUT2D eigenvalue weighted by atomic mass is 10.0. The lowest BCUT2D eigenvalue weighted by Crippen LogP contribution is -2.30. The van der Waals surface area contributed by atoms with Crippen molar-refractivity contribution >= 4 is 17.9 Å². The fraction of sp³-hybridized carbons (Fsp3) is 0.708. The molecule has 6 heteroatoms. The number of esters is 3. The molecule has 0 aliphatic rings. The van der Waals surface area contributed by atoms with Gasteiger partial charge in [-0.05, 0) is 109 Å². The summed E-state index contributed by atoms with van der Waals surface area (Å²) in [6, 6.07) is 0. The van der Waals surface area contributed by atoms with Gasteiger partial charge in [0, 0.05) is 19.3 Å². The van der Waals surface area contributed by atoms with Gasteiger partial charge in [-0.2, -0.15) is 0 Å². The Hall–Kier alpha value is -3.93. The number of unbranched alkanes of at least 4 members (excludes halogenated alkanes) is 30. The van der Waals surface area contributed by atoms with Crippen LogP contribution in [0, 0.1) is 0 Å². The Balaban J connectivity index is 4.06. The molecule has 78 heavy (non-hydrogen) atoms. The highest BCUT2D eigenvalue weighted by molar-refractivity contribution is 5.71. The summed E-state index contributed by atoms with van der Waals surface area (Å²) in [7, 11) is 0. The standard InChI is InChI=1S/C72H122O6/c1-4-7-10-13-16-18-20-22-24-26-28-30-31-32-33-34-35-36-37-38-39-40-41-43-44-46-48-50-52-54-56-59-62-65-71(74)77-68-69(67-76-70(73)64-61-58-15-12-9-6-3)78-72(75)66-63-60-57-55-53-51-49-47-45-42-29-27-25-23-21-19-17-14-11-8-5-2/h7,10,16,18,21-24,27-30,32-33,35-36,45,47,69H,4-6,8-9,11-15,17,19-20,25-26,31,34,37-44,46,48-68H2,1-3H3/b10-7-,18-16-,23-21-,24-22-,29-27-,30-28-,33-32-,36-35-,47-45-. The minimum absolute atomic E-state index is 0.0820. The van der Waals surface area contributed by atoms with Gasteiger partial charge < -0.3 is 14.2 Å². The van der Waals surface area contributed by atoms with Crippen molar-refractivity contribution in [3.63, 3.8) is 0 Å². The summed E-state index contributed by atoms with van der Waals surface area (Å²) in [5.41, 5.74) is 0. The third-order valence-electron chi connectivity index (χ3n) is 14.0. The van der Waals surface area contributed by atoms with E-state index in [0.717, 1.165) is 122 Å². The lowest BCUT2D eigenvalue weighted by molar-refractivity contribution is -0.167. The molecule has 0 aromatic rings. The monoisotopic (exact) mass is 1080 g/mol. The molecule has 1 atom stereocenters. The van der Waals surface area contributed by atoms with E-state index in [1.54, 1.807) is 0 Å². The summed E-state index contributed by atoms with van der Waals surface area (Å²) in [5.74, 6) is -0.898. The molecule has 0 amide bonds. The average molecular weight is 1080 g/mol. The smallest absolute Gasteiger partial charge is 0.306 e. The maximum absolute atomic E-state index is 12.8. The van der Waals surface area contributed by atoms with Gasteiger partial charge in [0.05, 0.1) is 0 Å². The molecule has 0 aromatic heterocycles. The van der Waals surface area contributed by atoms with Crippen molar-refractivity contribution in [2.45, 2.75) is 316 Å². The summed E-state index contributed by atoms with van der Waals surface area (Å²) in [6.07, 6.45) is 89.9. The van der Waals surface area contributed by atoms with Crippen LogP contribution in [0.2, 0.25) is 0 Å². The van der Waals surface area contributed by atoms with Crippen LogP contribution >= 0.6 is 0 Å². The van der Waals surface area contributed by atoms with E-state index in [-0.39, 0.29) is 31.1 Å². The van der Waals surface area contributed by atoms with Crippen molar-refractivity contribution in [2.75, 3.05) is 13.2 Å². The first-order valence-corrected chi connectivity index (χ1v) is 32.9. The van der Waals surface area contributed by atoms with E-state index < -0.39 is 6.10 Å². The summed E-state index contributed by atoms with van der Waals surface area (Å²) in [6.45, 7) is 6.46. The highest BCUT2D eigenvalue weighted by atomic mass is 16.6. The van der Waals surface area contributed by atoms with Crippen LogP contribution < -0.4 is 0 Å². The Morgan fingerprint density at radius 1 is 0.269 bits per heavy atom. The van der Waals surface area contributed by atoms with E-state index in [0.29, 0.717) is 19.3 Å². The first-order chi connectivity index (χ1) is 38.5. The number of ether oxygens (including phenoxy) is 3. The third-order valence-corrected chi connectivity index (χ3v) is 14.0. The van der Waals surface area contributed by atoms with E-state index in [2.05, 4.69) is 130 Å². The molecule has 0 aromatic carbocycles. The van der Waals surface area contributed by atoms with Gasteiger partial charge in [-0.25, -0.2) is 0 Å². The molecule has 446 valence electrons. The zero-order valence-electron chi connectivity index (χ0n) is 51.2. The fourth-order valence-corrected chi connectivity index (χ4v) is 9.10. The van der Waals surface area contributed by atoms with Gasteiger partial charge in [0.25, 0.3) is 0 Å². The molecule has 0 rings (SSSR count). The molecule has 0 saturated carbocycles. The first kappa shape index (κ1) is 74.1. The van der Waals surface area contributed by atoms with Crippen molar-refractivity contribution in [2.24, 2.45) is 0 Å². The first-order valence-electron chi connectivity index (χ1n) is 32.9. The molecule has 0 aliphatic carbocycles. The Morgan fingerprint density at radius 3 is 0.782 bits per heavy atom. The minimum atomic E-state index is -0.783.